The SMILES string of the molecule is Cc1cccc(NC(=O)CCCSc2ccc([N+](=O)[O-])cc2)c1. The van der Waals surface area contributed by atoms with Gasteiger partial charge in [-0.1, -0.05) is 12.1 Å². The zero-order chi connectivity index (χ0) is 16.7. The van der Waals surface area contributed by atoms with Crippen LogP contribution < -0.4 is 5.32 Å². The summed E-state index contributed by atoms with van der Waals surface area (Å²) < 4.78 is 0. The van der Waals surface area contributed by atoms with Crippen molar-refractivity contribution in [2.75, 3.05) is 11.1 Å². The lowest BCUT2D eigenvalue weighted by Gasteiger charge is -2.06. The Balaban J connectivity index is 1.70. The Morgan fingerprint density at radius 2 is 1.96 bits per heavy atom. The van der Waals surface area contributed by atoms with Crippen LogP contribution in [0.5, 0.6) is 0 Å². The summed E-state index contributed by atoms with van der Waals surface area (Å²) in [5, 5.41) is 13.5. The lowest BCUT2D eigenvalue weighted by Crippen LogP contribution is -2.11. The van der Waals surface area contributed by atoms with Gasteiger partial charge < -0.3 is 5.32 Å². The van der Waals surface area contributed by atoms with Crippen molar-refractivity contribution in [3.8, 4) is 0 Å². The highest BCUT2D eigenvalue weighted by Crippen LogP contribution is 2.22. The molecule has 2 rings (SSSR count). The topological polar surface area (TPSA) is 72.2 Å². The first-order chi connectivity index (χ1) is 11.0. The number of benzene rings is 2. The first-order valence-electron chi connectivity index (χ1n) is 7.28. The second-order valence-electron chi connectivity index (χ2n) is 5.12. The summed E-state index contributed by atoms with van der Waals surface area (Å²) in [7, 11) is 0. The van der Waals surface area contributed by atoms with Gasteiger partial charge in [0.1, 0.15) is 0 Å². The molecule has 0 aromatic heterocycles. The van der Waals surface area contributed by atoms with Gasteiger partial charge in [-0.3, -0.25) is 14.9 Å². The average molecular weight is 330 g/mol. The van der Waals surface area contributed by atoms with Crippen molar-refractivity contribution in [2.45, 2.75) is 24.7 Å². The number of non-ortho nitro benzene ring substituents is 1. The Labute approximate surface area is 139 Å². The van der Waals surface area contributed by atoms with E-state index in [0.29, 0.717) is 6.42 Å². The van der Waals surface area contributed by atoms with Crippen molar-refractivity contribution in [3.63, 3.8) is 0 Å². The molecule has 6 heteroatoms. The summed E-state index contributed by atoms with van der Waals surface area (Å²) in [4.78, 5) is 23.0. The Kier molecular flexibility index (Phi) is 6.17. The van der Waals surface area contributed by atoms with Crippen LogP contribution in [0.25, 0.3) is 0 Å². The summed E-state index contributed by atoms with van der Waals surface area (Å²) in [5.74, 6) is 0.791. The summed E-state index contributed by atoms with van der Waals surface area (Å²) in [5.41, 5.74) is 2.02. The third kappa shape index (κ3) is 5.75. The summed E-state index contributed by atoms with van der Waals surface area (Å²) in [6.45, 7) is 1.98. The van der Waals surface area contributed by atoms with Gasteiger partial charge in [-0.05, 0) is 48.9 Å². The zero-order valence-corrected chi connectivity index (χ0v) is 13.6. The Morgan fingerprint density at radius 1 is 1.22 bits per heavy atom. The number of nitro groups is 1. The molecule has 2 aromatic rings. The molecule has 0 aliphatic rings. The number of carbonyl (C=O) groups excluding carboxylic acids is 1. The van der Waals surface area contributed by atoms with Crippen molar-refractivity contribution in [1.82, 2.24) is 0 Å². The number of nitrogens with one attached hydrogen (secondary N) is 1. The fraction of sp³-hybridized carbons (Fsp3) is 0.235. The van der Waals surface area contributed by atoms with E-state index < -0.39 is 4.92 Å². The van der Waals surface area contributed by atoms with Crippen molar-refractivity contribution in [3.05, 3.63) is 64.2 Å². The Morgan fingerprint density at radius 3 is 2.61 bits per heavy atom. The molecule has 23 heavy (non-hydrogen) atoms. The molecule has 0 saturated carbocycles. The van der Waals surface area contributed by atoms with E-state index in [4.69, 9.17) is 0 Å². The van der Waals surface area contributed by atoms with Gasteiger partial charge in [-0.2, -0.15) is 0 Å². The normalized spacial score (nSPS) is 10.3. The molecule has 2 aromatic carbocycles. The minimum Gasteiger partial charge on any atom is -0.326 e. The van der Waals surface area contributed by atoms with E-state index in [1.165, 1.54) is 12.1 Å². The first-order valence-corrected chi connectivity index (χ1v) is 8.27. The minimum atomic E-state index is -0.413. The van der Waals surface area contributed by atoms with Crippen LogP contribution in [0.2, 0.25) is 0 Å². The molecule has 0 spiro atoms. The van der Waals surface area contributed by atoms with Gasteiger partial charge in [-0.25, -0.2) is 0 Å². The van der Waals surface area contributed by atoms with E-state index in [2.05, 4.69) is 5.32 Å². The lowest BCUT2D eigenvalue weighted by atomic mass is 10.2. The van der Waals surface area contributed by atoms with E-state index in [0.717, 1.165) is 28.3 Å². The monoisotopic (exact) mass is 330 g/mol. The number of aryl methyl sites for hydroxylation is 1. The second-order valence-corrected chi connectivity index (χ2v) is 6.29. The van der Waals surface area contributed by atoms with E-state index in [9.17, 15) is 14.9 Å². The van der Waals surface area contributed by atoms with Crippen LogP contribution in [-0.4, -0.2) is 16.6 Å². The van der Waals surface area contributed by atoms with Gasteiger partial charge in [0, 0.05) is 29.1 Å². The number of hydrogen-bond donors (Lipinski definition) is 1. The minimum absolute atomic E-state index is 0.0000930. The van der Waals surface area contributed by atoms with E-state index >= 15 is 0 Å². The Hall–Kier alpha value is -2.34. The maximum absolute atomic E-state index is 11.9. The van der Waals surface area contributed by atoms with Gasteiger partial charge in [0.15, 0.2) is 0 Å². The highest BCUT2D eigenvalue weighted by atomic mass is 32.2. The molecule has 1 N–H and O–H groups in total. The molecule has 0 aliphatic heterocycles. The molecule has 0 unspecified atom stereocenters. The number of nitro benzene ring substituents is 1. The number of thioether (sulfide) groups is 1. The van der Waals surface area contributed by atoms with Crippen molar-refractivity contribution >= 4 is 29.0 Å². The molecule has 0 saturated heterocycles. The van der Waals surface area contributed by atoms with Gasteiger partial charge in [-0.15, -0.1) is 11.8 Å². The maximum Gasteiger partial charge on any atom is 0.269 e. The van der Waals surface area contributed by atoms with Crippen LogP contribution >= 0.6 is 11.8 Å². The molecule has 0 atom stereocenters. The molecule has 120 valence electrons. The highest BCUT2D eigenvalue weighted by molar-refractivity contribution is 7.99. The lowest BCUT2D eigenvalue weighted by molar-refractivity contribution is -0.384. The fourth-order valence-electron chi connectivity index (χ4n) is 2.03. The predicted octanol–water partition coefficient (Wildman–Crippen LogP) is 4.41. The van der Waals surface area contributed by atoms with E-state index in [1.54, 1.807) is 23.9 Å². The van der Waals surface area contributed by atoms with Crippen LogP contribution in [0.15, 0.2) is 53.4 Å². The van der Waals surface area contributed by atoms with Gasteiger partial charge in [0.25, 0.3) is 5.69 Å². The average Bonchev–Trinajstić information content (AvgIpc) is 2.52. The summed E-state index contributed by atoms with van der Waals surface area (Å²) in [6, 6.07) is 14.1. The van der Waals surface area contributed by atoms with E-state index in [-0.39, 0.29) is 11.6 Å². The molecule has 0 aliphatic carbocycles. The molecule has 0 bridgehead atoms. The number of anilines is 1. The van der Waals surface area contributed by atoms with Crippen LogP contribution in [0.3, 0.4) is 0 Å². The smallest absolute Gasteiger partial charge is 0.269 e. The number of amides is 1. The molecular weight excluding hydrogens is 312 g/mol. The number of hydrogen-bond acceptors (Lipinski definition) is 4. The molecular formula is C17H18N2O3S. The quantitative estimate of drug-likeness (QED) is 0.353. The number of nitrogens with zero attached hydrogens (tertiary/aromatic N) is 1. The van der Waals surface area contributed by atoms with Crippen molar-refractivity contribution < 1.29 is 9.72 Å². The molecule has 0 fully saturated rings. The maximum atomic E-state index is 11.9. The standard InChI is InChI=1S/C17H18N2O3S/c1-13-4-2-5-14(12-13)18-17(20)6-3-11-23-16-9-7-15(8-10-16)19(21)22/h2,4-5,7-10,12H,3,6,11H2,1H3,(H,18,20). The highest BCUT2D eigenvalue weighted by Gasteiger charge is 2.05. The molecule has 0 radical (unpaired) electrons. The van der Waals surface area contributed by atoms with Gasteiger partial charge in [0.2, 0.25) is 5.91 Å². The van der Waals surface area contributed by atoms with Crippen LogP contribution in [0, 0.1) is 17.0 Å². The summed E-state index contributed by atoms with van der Waals surface area (Å²) >= 11 is 1.59. The number of rotatable bonds is 7. The van der Waals surface area contributed by atoms with Crippen molar-refractivity contribution in [1.29, 1.82) is 0 Å². The first kappa shape index (κ1) is 17.0. The van der Waals surface area contributed by atoms with Crippen LogP contribution in [0.1, 0.15) is 18.4 Å². The number of carbonyl (C=O) groups is 1. The third-order valence-corrected chi connectivity index (χ3v) is 4.26. The van der Waals surface area contributed by atoms with Crippen LogP contribution in [0.4, 0.5) is 11.4 Å². The largest absolute Gasteiger partial charge is 0.326 e. The van der Waals surface area contributed by atoms with Gasteiger partial charge in [0.05, 0.1) is 4.92 Å². The predicted molar refractivity (Wildman–Crippen MR) is 92.9 cm³/mol. The Bertz CT molecular complexity index is 686. The fourth-order valence-corrected chi connectivity index (χ4v) is 2.89. The third-order valence-electron chi connectivity index (χ3n) is 3.17. The summed E-state index contributed by atoms with van der Waals surface area (Å²) in [6.07, 6.45) is 1.20. The van der Waals surface area contributed by atoms with Crippen molar-refractivity contribution in [2.24, 2.45) is 0 Å². The zero-order valence-electron chi connectivity index (χ0n) is 12.8. The second kappa shape index (κ2) is 8.33. The molecule has 5 nitrogen and oxygen atoms in total. The van der Waals surface area contributed by atoms with E-state index in [1.807, 2.05) is 31.2 Å². The molecule has 1 amide bonds. The molecule has 0 heterocycles. The van der Waals surface area contributed by atoms with Crippen LogP contribution in [-0.2, 0) is 4.79 Å². The van der Waals surface area contributed by atoms with Gasteiger partial charge >= 0.3 is 0 Å².